The topological polar surface area (TPSA) is 46.5 Å². The predicted octanol–water partition coefficient (Wildman–Crippen LogP) is 1.74. The van der Waals surface area contributed by atoms with E-state index in [2.05, 4.69) is 4.99 Å². The summed E-state index contributed by atoms with van der Waals surface area (Å²) in [4.78, 5) is 23.5. The van der Waals surface area contributed by atoms with Crippen LogP contribution in [-0.4, -0.2) is 12.0 Å². The van der Waals surface area contributed by atoms with E-state index >= 15 is 0 Å². The van der Waals surface area contributed by atoms with E-state index in [0.29, 0.717) is 5.02 Å². The van der Waals surface area contributed by atoms with Crippen LogP contribution in [0.2, 0.25) is 5.02 Å². The molecule has 1 amide bonds. The second-order valence-electron chi connectivity index (χ2n) is 2.40. The van der Waals surface area contributed by atoms with E-state index in [9.17, 15) is 9.59 Å². The lowest BCUT2D eigenvalue weighted by molar-refractivity contribution is -0.117. The van der Waals surface area contributed by atoms with Crippen LogP contribution in [0.1, 0.15) is 5.56 Å². The monoisotopic (exact) mass is 195 g/mol. The zero-order chi connectivity index (χ0) is 9.68. The fraction of sp³-hybridized carbons (Fsp3) is 0.111. The van der Waals surface area contributed by atoms with E-state index < -0.39 is 5.91 Å². The molecule has 0 bridgehead atoms. The van der Waals surface area contributed by atoms with Gasteiger partial charge in [-0.05, 0) is 17.7 Å². The predicted molar refractivity (Wildman–Crippen MR) is 48.3 cm³/mol. The van der Waals surface area contributed by atoms with Crippen LogP contribution >= 0.6 is 11.6 Å². The van der Waals surface area contributed by atoms with Gasteiger partial charge in [-0.2, -0.15) is 0 Å². The molecule has 66 valence electrons. The normalized spacial score (nSPS) is 9.00. The molecule has 0 fully saturated rings. The van der Waals surface area contributed by atoms with E-state index in [1.54, 1.807) is 24.3 Å². The molecule has 0 spiro atoms. The van der Waals surface area contributed by atoms with Gasteiger partial charge in [-0.3, -0.25) is 4.79 Å². The van der Waals surface area contributed by atoms with Gasteiger partial charge in [-0.1, -0.05) is 23.7 Å². The third-order valence-corrected chi connectivity index (χ3v) is 1.69. The lowest BCUT2D eigenvalue weighted by Crippen LogP contribution is -1.97. The first kappa shape index (κ1) is 9.65. The first-order chi connectivity index (χ1) is 6.22. The largest absolute Gasteiger partial charge is 0.271 e. The maximum atomic E-state index is 10.8. The standard InChI is InChI=1S/C9H6ClNO2/c10-8-3-1-7(2-4-8)5-9(13)11-6-12/h1-4H,5H2. The number of rotatable bonds is 2. The number of benzene rings is 1. The van der Waals surface area contributed by atoms with Gasteiger partial charge in [-0.15, -0.1) is 4.99 Å². The molecule has 0 aromatic heterocycles. The minimum Gasteiger partial charge on any atom is -0.271 e. The van der Waals surface area contributed by atoms with Crippen molar-refractivity contribution in [2.45, 2.75) is 6.42 Å². The zero-order valence-corrected chi connectivity index (χ0v) is 7.41. The quantitative estimate of drug-likeness (QED) is 0.533. The molecule has 0 aliphatic rings. The van der Waals surface area contributed by atoms with Crippen LogP contribution in [0.5, 0.6) is 0 Å². The van der Waals surface area contributed by atoms with Gasteiger partial charge in [0.05, 0.1) is 6.42 Å². The highest BCUT2D eigenvalue weighted by molar-refractivity contribution is 6.30. The van der Waals surface area contributed by atoms with Crippen LogP contribution < -0.4 is 0 Å². The fourth-order valence-electron chi connectivity index (χ4n) is 0.867. The Labute approximate surface area is 80.0 Å². The van der Waals surface area contributed by atoms with Crippen molar-refractivity contribution in [2.75, 3.05) is 0 Å². The molecule has 4 heteroatoms. The minimum absolute atomic E-state index is 0.104. The van der Waals surface area contributed by atoms with Crippen LogP contribution in [0.3, 0.4) is 0 Å². The molecule has 0 atom stereocenters. The minimum atomic E-state index is -0.502. The molecule has 0 aliphatic heterocycles. The van der Waals surface area contributed by atoms with Gasteiger partial charge < -0.3 is 0 Å². The molecular formula is C9H6ClNO2. The molecular weight excluding hydrogens is 190 g/mol. The zero-order valence-electron chi connectivity index (χ0n) is 6.66. The van der Waals surface area contributed by atoms with Crippen LogP contribution in [0.4, 0.5) is 0 Å². The maximum Gasteiger partial charge on any atom is 0.260 e. The smallest absolute Gasteiger partial charge is 0.260 e. The highest BCUT2D eigenvalue weighted by Crippen LogP contribution is 2.09. The van der Waals surface area contributed by atoms with E-state index in [-0.39, 0.29) is 6.42 Å². The molecule has 0 radical (unpaired) electrons. The van der Waals surface area contributed by atoms with Gasteiger partial charge in [0.15, 0.2) is 0 Å². The SMILES string of the molecule is O=C=NC(=O)Cc1ccc(Cl)cc1. The summed E-state index contributed by atoms with van der Waals surface area (Å²) in [7, 11) is 0. The Balaban J connectivity index is 2.69. The van der Waals surface area contributed by atoms with Crippen molar-refractivity contribution in [3.05, 3.63) is 34.9 Å². The number of nitrogens with zero attached hydrogens (tertiary/aromatic N) is 1. The molecule has 1 rings (SSSR count). The molecule has 1 aromatic carbocycles. The summed E-state index contributed by atoms with van der Waals surface area (Å²) in [6.07, 6.45) is 1.30. The molecule has 13 heavy (non-hydrogen) atoms. The van der Waals surface area contributed by atoms with Gasteiger partial charge >= 0.3 is 0 Å². The number of hydrogen-bond donors (Lipinski definition) is 0. The van der Waals surface area contributed by atoms with E-state index in [1.165, 1.54) is 6.08 Å². The van der Waals surface area contributed by atoms with Gasteiger partial charge in [0.1, 0.15) is 0 Å². The Morgan fingerprint density at radius 1 is 1.38 bits per heavy atom. The molecule has 3 nitrogen and oxygen atoms in total. The highest BCUT2D eigenvalue weighted by Gasteiger charge is 2.00. The lowest BCUT2D eigenvalue weighted by Gasteiger charge is -1.95. The number of amides is 1. The lowest BCUT2D eigenvalue weighted by atomic mass is 10.1. The molecule has 0 heterocycles. The van der Waals surface area contributed by atoms with Crippen LogP contribution in [0.25, 0.3) is 0 Å². The number of aliphatic imine (C=N–C) groups is 1. The van der Waals surface area contributed by atoms with Crippen molar-refractivity contribution in [1.29, 1.82) is 0 Å². The van der Waals surface area contributed by atoms with Crippen LogP contribution in [0.15, 0.2) is 29.3 Å². The molecule has 0 N–H and O–H groups in total. The Kier molecular flexibility index (Phi) is 3.38. The summed E-state index contributed by atoms with van der Waals surface area (Å²) in [6.45, 7) is 0. The van der Waals surface area contributed by atoms with Crippen molar-refractivity contribution in [2.24, 2.45) is 4.99 Å². The summed E-state index contributed by atoms with van der Waals surface area (Å²) < 4.78 is 0. The summed E-state index contributed by atoms with van der Waals surface area (Å²) in [5.41, 5.74) is 0.772. The highest BCUT2D eigenvalue weighted by atomic mass is 35.5. The van der Waals surface area contributed by atoms with Crippen molar-refractivity contribution >= 4 is 23.6 Å². The van der Waals surface area contributed by atoms with Crippen LogP contribution in [0, 0.1) is 0 Å². The van der Waals surface area contributed by atoms with Gasteiger partial charge in [-0.25, -0.2) is 4.79 Å². The van der Waals surface area contributed by atoms with E-state index in [0.717, 1.165) is 5.56 Å². The number of carbonyl (C=O) groups is 1. The van der Waals surface area contributed by atoms with E-state index in [4.69, 9.17) is 11.6 Å². The van der Waals surface area contributed by atoms with Crippen molar-refractivity contribution < 1.29 is 9.59 Å². The summed E-state index contributed by atoms with van der Waals surface area (Å²) in [6, 6.07) is 6.77. The van der Waals surface area contributed by atoms with Crippen LogP contribution in [-0.2, 0) is 16.0 Å². The van der Waals surface area contributed by atoms with Crippen molar-refractivity contribution in [3.8, 4) is 0 Å². The number of carbonyl (C=O) groups excluding carboxylic acids is 2. The Hall–Kier alpha value is -1.44. The maximum absolute atomic E-state index is 10.8. The Bertz CT molecular complexity index is 352. The fourth-order valence-corrected chi connectivity index (χ4v) is 0.993. The third kappa shape index (κ3) is 3.20. The molecule has 0 unspecified atom stereocenters. The average Bonchev–Trinajstić information content (AvgIpc) is 2.09. The second-order valence-corrected chi connectivity index (χ2v) is 2.84. The molecule has 0 saturated heterocycles. The first-order valence-electron chi connectivity index (χ1n) is 3.57. The third-order valence-electron chi connectivity index (χ3n) is 1.44. The number of isocyanates is 1. The number of hydrogen-bond acceptors (Lipinski definition) is 2. The summed E-state index contributed by atoms with van der Waals surface area (Å²) in [5, 5.41) is 0.607. The summed E-state index contributed by atoms with van der Waals surface area (Å²) >= 11 is 5.64. The average molecular weight is 196 g/mol. The Morgan fingerprint density at radius 3 is 2.54 bits per heavy atom. The van der Waals surface area contributed by atoms with Gasteiger partial charge in [0.25, 0.3) is 5.91 Å². The van der Waals surface area contributed by atoms with Crippen molar-refractivity contribution in [3.63, 3.8) is 0 Å². The molecule has 0 aliphatic carbocycles. The van der Waals surface area contributed by atoms with Gasteiger partial charge in [0, 0.05) is 5.02 Å². The van der Waals surface area contributed by atoms with Crippen molar-refractivity contribution in [1.82, 2.24) is 0 Å². The molecule has 1 aromatic rings. The van der Waals surface area contributed by atoms with E-state index in [1.807, 2.05) is 0 Å². The summed E-state index contributed by atoms with van der Waals surface area (Å²) in [5.74, 6) is -0.502. The second kappa shape index (κ2) is 4.55. The Morgan fingerprint density at radius 2 is 2.00 bits per heavy atom. The first-order valence-corrected chi connectivity index (χ1v) is 3.95. The molecule has 0 saturated carbocycles. The number of halogens is 1. The van der Waals surface area contributed by atoms with Gasteiger partial charge in [0.2, 0.25) is 6.08 Å².